The van der Waals surface area contributed by atoms with E-state index in [0.29, 0.717) is 4.47 Å². The van der Waals surface area contributed by atoms with Crippen LogP contribution in [0.15, 0.2) is 22.7 Å². The first-order chi connectivity index (χ1) is 7.60. The third-order valence-electron chi connectivity index (χ3n) is 2.91. The van der Waals surface area contributed by atoms with Crippen molar-refractivity contribution in [1.82, 2.24) is 0 Å². The molecule has 1 nitrogen and oxygen atoms in total. The number of alkyl halides is 2. The van der Waals surface area contributed by atoms with Crippen molar-refractivity contribution in [1.29, 1.82) is 0 Å². The van der Waals surface area contributed by atoms with Crippen molar-refractivity contribution >= 4 is 15.9 Å². The van der Waals surface area contributed by atoms with E-state index in [1.165, 1.54) is 26.0 Å². The lowest BCUT2D eigenvalue weighted by atomic mass is 9.81. The van der Waals surface area contributed by atoms with Gasteiger partial charge in [-0.15, -0.1) is 0 Å². The highest BCUT2D eigenvalue weighted by atomic mass is 79.9. The summed E-state index contributed by atoms with van der Waals surface area (Å²) in [6.45, 7) is 3.87. The molecular formula is C12H15BrF3N. The van der Waals surface area contributed by atoms with Gasteiger partial charge in [0.25, 0.3) is 5.92 Å². The van der Waals surface area contributed by atoms with Gasteiger partial charge in [0.05, 0.1) is 0 Å². The summed E-state index contributed by atoms with van der Waals surface area (Å²) in [6, 6.07) is 3.87. The van der Waals surface area contributed by atoms with E-state index in [4.69, 9.17) is 5.73 Å². The highest BCUT2D eigenvalue weighted by molar-refractivity contribution is 9.10. The van der Waals surface area contributed by atoms with Crippen molar-refractivity contribution in [2.45, 2.75) is 32.2 Å². The van der Waals surface area contributed by atoms with E-state index in [0.717, 1.165) is 13.0 Å². The van der Waals surface area contributed by atoms with Crippen LogP contribution < -0.4 is 5.73 Å². The molecule has 0 aliphatic rings. The molecule has 1 atom stereocenters. The summed E-state index contributed by atoms with van der Waals surface area (Å²) in [6.07, 6.45) is 0. The van der Waals surface area contributed by atoms with Crippen molar-refractivity contribution < 1.29 is 13.2 Å². The van der Waals surface area contributed by atoms with Gasteiger partial charge in [0, 0.05) is 16.0 Å². The SMILES string of the molecule is CC(C)C(F)(F)[C@](C)(N)c1cc(Br)ccc1F. The topological polar surface area (TPSA) is 26.0 Å². The predicted molar refractivity (Wildman–Crippen MR) is 65.4 cm³/mol. The van der Waals surface area contributed by atoms with Gasteiger partial charge in [-0.25, -0.2) is 13.2 Å². The number of nitrogens with two attached hydrogens (primary N) is 1. The zero-order valence-corrected chi connectivity index (χ0v) is 11.5. The van der Waals surface area contributed by atoms with E-state index >= 15 is 0 Å². The Balaban J connectivity index is 3.35. The number of halogens is 4. The van der Waals surface area contributed by atoms with Crippen LogP contribution in [0.3, 0.4) is 0 Å². The smallest absolute Gasteiger partial charge is 0.271 e. The van der Waals surface area contributed by atoms with Gasteiger partial charge >= 0.3 is 0 Å². The van der Waals surface area contributed by atoms with Gasteiger partial charge in [0.2, 0.25) is 0 Å². The Morgan fingerprint density at radius 1 is 1.29 bits per heavy atom. The van der Waals surface area contributed by atoms with Crippen LogP contribution in [0, 0.1) is 11.7 Å². The molecule has 2 N–H and O–H groups in total. The van der Waals surface area contributed by atoms with Crippen LogP contribution in [0.2, 0.25) is 0 Å². The summed E-state index contributed by atoms with van der Waals surface area (Å²) in [5.74, 6) is -4.90. The maximum Gasteiger partial charge on any atom is 0.271 e. The van der Waals surface area contributed by atoms with Crippen LogP contribution >= 0.6 is 15.9 Å². The summed E-state index contributed by atoms with van der Waals surface area (Å²) in [7, 11) is 0. The van der Waals surface area contributed by atoms with Crippen molar-refractivity contribution in [2.24, 2.45) is 11.7 Å². The van der Waals surface area contributed by atoms with E-state index in [1.54, 1.807) is 0 Å². The van der Waals surface area contributed by atoms with Crippen LogP contribution in [0.4, 0.5) is 13.2 Å². The van der Waals surface area contributed by atoms with E-state index in [-0.39, 0.29) is 5.56 Å². The number of rotatable bonds is 3. The Morgan fingerprint density at radius 3 is 2.29 bits per heavy atom. The molecule has 0 aliphatic heterocycles. The van der Waals surface area contributed by atoms with Gasteiger partial charge in [-0.05, 0) is 25.1 Å². The van der Waals surface area contributed by atoms with Crippen molar-refractivity contribution in [2.75, 3.05) is 0 Å². The molecule has 17 heavy (non-hydrogen) atoms. The second kappa shape index (κ2) is 4.61. The van der Waals surface area contributed by atoms with Gasteiger partial charge in [-0.2, -0.15) is 0 Å². The standard InChI is InChI=1S/C12H15BrF3N/c1-7(2)12(15,16)11(3,17)9-6-8(13)4-5-10(9)14/h4-7H,17H2,1-3H3/t11-/m1/s1. The highest BCUT2D eigenvalue weighted by Gasteiger charge is 2.51. The molecule has 0 aliphatic carbocycles. The molecule has 0 aromatic heterocycles. The lowest BCUT2D eigenvalue weighted by Crippen LogP contribution is -2.53. The Hall–Kier alpha value is -0.550. The fourth-order valence-electron chi connectivity index (χ4n) is 1.67. The normalized spacial score (nSPS) is 16.1. The van der Waals surface area contributed by atoms with Gasteiger partial charge < -0.3 is 5.73 Å². The maximum atomic E-state index is 14.0. The lowest BCUT2D eigenvalue weighted by Gasteiger charge is -2.37. The Bertz CT molecular complexity index is 416. The molecule has 0 unspecified atom stereocenters. The van der Waals surface area contributed by atoms with E-state index in [9.17, 15) is 13.2 Å². The summed E-state index contributed by atoms with van der Waals surface area (Å²) in [5.41, 5.74) is 3.44. The van der Waals surface area contributed by atoms with E-state index < -0.39 is 23.2 Å². The van der Waals surface area contributed by atoms with Crippen molar-refractivity contribution in [3.05, 3.63) is 34.1 Å². The predicted octanol–water partition coefficient (Wildman–Crippen LogP) is 4.05. The van der Waals surface area contributed by atoms with Crippen LogP contribution in [-0.2, 0) is 5.54 Å². The molecule has 0 bridgehead atoms. The highest BCUT2D eigenvalue weighted by Crippen LogP contribution is 2.42. The molecule has 1 rings (SSSR count). The Morgan fingerprint density at radius 2 is 1.82 bits per heavy atom. The summed E-state index contributed by atoms with van der Waals surface area (Å²) < 4.78 is 42.2. The molecule has 0 radical (unpaired) electrons. The lowest BCUT2D eigenvalue weighted by molar-refractivity contribution is -0.110. The average molecular weight is 310 g/mol. The van der Waals surface area contributed by atoms with Crippen molar-refractivity contribution in [3.63, 3.8) is 0 Å². The number of hydrogen-bond donors (Lipinski definition) is 1. The Labute approximate surface area is 107 Å². The first-order valence-electron chi connectivity index (χ1n) is 5.23. The number of benzene rings is 1. The van der Waals surface area contributed by atoms with Gasteiger partial charge in [-0.1, -0.05) is 29.8 Å². The molecule has 0 spiro atoms. The van der Waals surface area contributed by atoms with Gasteiger partial charge in [0.15, 0.2) is 0 Å². The van der Waals surface area contributed by atoms with Crippen LogP contribution in [0.5, 0.6) is 0 Å². The zero-order valence-electron chi connectivity index (χ0n) is 9.90. The molecule has 0 saturated carbocycles. The third-order valence-corrected chi connectivity index (χ3v) is 3.40. The second-order valence-corrected chi connectivity index (χ2v) is 5.52. The van der Waals surface area contributed by atoms with E-state index in [1.807, 2.05) is 0 Å². The first kappa shape index (κ1) is 14.5. The third kappa shape index (κ3) is 2.50. The molecule has 96 valence electrons. The molecule has 1 aromatic rings. The van der Waals surface area contributed by atoms with Crippen LogP contribution in [0.1, 0.15) is 26.3 Å². The van der Waals surface area contributed by atoms with Gasteiger partial charge in [-0.3, -0.25) is 0 Å². The largest absolute Gasteiger partial charge is 0.317 e. The zero-order chi connectivity index (χ0) is 13.4. The molecule has 0 amide bonds. The fourth-order valence-corrected chi connectivity index (χ4v) is 2.04. The Kier molecular flexibility index (Phi) is 3.94. The minimum absolute atomic E-state index is 0.189. The molecule has 0 saturated heterocycles. The van der Waals surface area contributed by atoms with E-state index in [2.05, 4.69) is 15.9 Å². The monoisotopic (exact) mass is 309 g/mol. The molecule has 1 aromatic carbocycles. The summed E-state index contributed by atoms with van der Waals surface area (Å²) in [5, 5.41) is 0. The van der Waals surface area contributed by atoms with Gasteiger partial charge in [0.1, 0.15) is 11.4 Å². The fraction of sp³-hybridized carbons (Fsp3) is 0.500. The minimum atomic E-state index is -3.20. The second-order valence-electron chi connectivity index (χ2n) is 4.60. The van der Waals surface area contributed by atoms with Crippen LogP contribution in [0.25, 0.3) is 0 Å². The minimum Gasteiger partial charge on any atom is -0.317 e. The molecule has 5 heteroatoms. The number of hydrogen-bond acceptors (Lipinski definition) is 1. The maximum absolute atomic E-state index is 14.0. The summed E-state index contributed by atoms with van der Waals surface area (Å²) in [4.78, 5) is 0. The first-order valence-corrected chi connectivity index (χ1v) is 6.02. The molecule has 0 heterocycles. The van der Waals surface area contributed by atoms with Crippen LogP contribution in [-0.4, -0.2) is 5.92 Å². The van der Waals surface area contributed by atoms with Crippen molar-refractivity contribution in [3.8, 4) is 0 Å². The molecule has 0 fully saturated rings. The molecular weight excluding hydrogens is 295 g/mol. The quantitative estimate of drug-likeness (QED) is 0.895. The summed E-state index contributed by atoms with van der Waals surface area (Å²) >= 11 is 3.13. The average Bonchev–Trinajstić information content (AvgIpc) is 2.21.